The standard InChI is InChI=1S/C50H86O7S/c1-3-5-7-9-11-13-15-17-19-21-23-25-27-29-31-33-35-37-39-44-56-49(51)46-42-41-43-47(58(53,54)55)48(46)50(52)57-45-40-38-36-34-32-30-28-26-24-22-20-18-16-14-12-10-8-6-4-2/h3-4,41-43H,1-2,5-40,44-45H2,(H,53,54,55). The van der Waals surface area contributed by atoms with Crippen LogP contribution < -0.4 is 0 Å². The first-order chi connectivity index (χ1) is 28.3. The van der Waals surface area contributed by atoms with E-state index in [4.69, 9.17) is 9.47 Å². The molecule has 1 rings (SSSR count). The molecule has 0 aliphatic rings. The van der Waals surface area contributed by atoms with Gasteiger partial charge in [-0.1, -0.05) is 211 Å². The van der Waals surface area contributed by atoms with Crippen LogP contribution in [0.5, 0.6) is 0 Å². The Hall–Kier alpha value is -2.45. The van der Waals surface area contributed by atoms with Crippen molar-refractivity contribution in [3.05, 3.63) is 54.6 Å². The van der Waals surface area contributed by atoms with E-state index >= 15 is 0 Å². The van der Waals surface area contributed by atoms with E-state index in [2.05, 4.69) is 13.2 Å². The van der Waals surface area contributed by atoms with Crippen LogP contribution in [0.2, 0.25) is 0 Å². The van der Waals surface area contributed by atoms with Crippen LogP contribution >= 0.6 is 0 Å². The number of hydrogen-bond donors (Lipinski definition) is 1. The van der Waals surface area contributed by atoms with Crippen LogP contribution in [0.3, 0.4) is 0 Å². The van der Waals surface area contributed by atoms with E-state index in [0.717, 1.165) is 57.4 Å². The molecule has 58 heavy (non-hydrogen) atoms. The van der Waals surface area contributed by atoms with E-state index in [1.807, 2.05) is 12.2 Å². The van der Waals surface area contributed by atoms with Gasteiger partial charge in [-0.25, -0.2) is 9.59 Å². The van der Waals surface area contributed by atoms with Gasteiger partial charge >= 0.3 is 11.9 Å². The maximum absolute atomic E-state index is 13.1. The number of allylic oxidation sites excluding steroid dienone is 2. The minimum absolute atomic E-state index is 0.111. The smallest absolute Gasteiger partial charge is 0.340 e. The Morgan fingerprint density at radius 2 is 0.724 bits per heavy atom. The number of esters is 2. The topological polar surface area (TPSA) is 107 Å². The minimum atomic E-state index is -4.77. The summed E-state index contributed by atoms with van der Waals surface area (Å²) < 4.78 is 44.9. The maximum atomic E-state index is 13.1. The van der Waals surface area contributed by atoms with E-state index in [1.165, 1.54) is 179 Å². The van der Waals surface area contributed by atoms with Gasteiger partial charge in [0.25, 0.3) is 10.1 Å². The van der Waals surface area contributed by atoms with Crippen molar-refractivity contribution in [3.63, 3.8) is 0 Å². The zero-order valence-corrected chi connectivity index (χ0v) is 37.8. The van der Waals surface area contributed by atoms with Gasteiger partial charge in [-0.15, -0.1) is 13.2 Å². The molecular formula is C50H86O7S. The van der Waals surface area contributed by atoms with Crippen LogP contribution in [0.15, 0.2) is 48.4 Å². The van der Waals surface area contributed by atoms with E-state index in [-0.39, 0.29) is 18.8 Å². The normalized spacial score (nSPS) is 11.5. The fraction of sp³-hybridized carbons (Fsp3) is 0.760. The van der Waals surface area contributed by atoms with E-state index in [1.54, 1.807) is 0 Å². The van der Waals surface area contributed by atoms with Crippen molar-refractivity contribution in [2.75, 3.05) is 13.2 Å². The third kappa shape index (κ3) is 30.6. The van der Waals surface area contributed by atoms with E-state index in [0.29, 0.717) is 12.8 Å². The van der Waals surface area contributed by atoms with Crippen molar-refractivity contribution in [3.8, 4) is 0 Å². The maximum Gasteiger partial charge on any atom is 0.340 e. The average molecular weight is 831 g/mol. The molecule has 8 heteroatoms. The van der Waals surface area contributed by atoms with Gasteiger partial charge in [0.05, 0.1) is 24.3 Å². The van der Waals surface area contributed by atoms with Gasteiger partial charge in [0.1, 0.15) is 4.90 Å². The summed E-state index contributed by atoms with van der Waals surface area (Å²) in [7, 11) is -4.77. The van der Waals surface area contributed by atoms with Gasteiger partial charge in [0, 0.05) is 0 Å². The Morgan fingerprint density at radius 1 is 0.448 bits per heavy atom. The van der Waals surface area contributed by atoms with Crippen molar-refractivity contribution in [1.82, 2.24) is 0 Å². The first-order valence-electron chi connectivity index (χ1n) is 24.0. The highest BCUT2D eigenvalue weighted by atomic mass is 32.2. The van der Waals surface area contributed by atoms with Crippen LogP contribution in [-0.2, 0) is 19.6 Å². The van der Waals surface area contributed by atoms with Crippen molar-refractivity contribution >= 4 is 22.1 Å². The molecule has 0 unspecified atom stereocenters. The van der Waals surface area contributed by atoms with Gasteiger partial charge < -0.3 is 9.47 Å². The number of benzene rings is 1. The van der Waals surface area contributed by atoms with Gasteiger partial charge in [0.2, 0.25) is 0 Å². The van der Waals surface area contributed by atoms with Crippen molar-refractivity contribution in [1.29, 1.82) is 0 Å². The lowest BCUT2D eigenvalue weighted by molar-refractivity contribution is 0.0446. The van der Waals surface area contributed by atoms with E-state index in [9.17, 15) is 22.6 Å². The molecule has 0 bridgehead atoms. The molecule has 0 amide bonds. The van der Waals surface area contributed by atoms with Crippen LogP contribution in [0, 0.1) is 0 Å². The number of unbranched alkanes of at least 4 members (excludes halogenated alkanes) is 34. The summed E-state index contributed by atoms with van der Waals surface area (Å²) in [5.41, 5.74) is -0.670. The van der Waals surface area contributed by atoms with Gasteiger partial charge in [-0.05, 0) is 50.7 Å². The molecule has 0 aromatic heterocycles. The Morgan fingerprint density at radius 3 is 1.02 bits per heavy atom. The summed E-state index contributed by atoms with van der Waals surface area (Å²) in [6, 6.07) is 3.77. The zero-order valence-electron chi connectivity index (χ0n) is 37.0. The predicted octanol–water partition coefficient (Wildman–Crippen LogP) is 15.7. The molecule has 0 saturated carbocycles. The summed E-state index contributed by atoms with van der Waals surface area (Å²) in [5.74, 6) is -1.74. The lowest BCUT2D eigenvalue weighted by Crippen LogP contribution is -2.19. The zero-order chi connectivity index (χ0) is 42.2. The second-order valence-corrected chi connectivity index (χ2v) is 18.0. The molecule has 1 aromatic rings. The van der Waals surface area contributed by atoms with Gasteiger partial charge in [-0.2, -0.15) is 8.42 Å². The molecule has 0 spiro atoms. The molecule has 1 aromatic carbocycles. The highest BCUT2D eigenvalue weighted by molar-refractivity contribution is 7.86. The van der Waals surface area contributed by atoms with Crippen LogP contribution in [-0.4, -0.2) is 38.1 Å². The average Bonchev–Trinajstić information content (AvgIpc) is 3.21. The third-order valence-electron chi connectivity index (χ3n) is 11.3. The molecule has 334 valence electrons. The number of hydrogen-bond acceptors (Lipinski definition) is 6. The van der Waals surface area contributed by atoms with Crippen molar-refractivity contribution < 1.29 is 32.0 Å². The fourth-order valence-corrected chi connectivity index (χ4v) is 8.39. The number of carbonyl (C=O) groups is 2. The molecule has 0 aliphatic heterocycles. The summed E-state index contributed by atoms with van der Waals surface area (Å²) >= 11 is 0. The predicted molar refractivity (Wildman–Crippen MR) is 243 cm³/mol. The summed E-state index contributed by atoms with van der Waals surface area (Å²) in [5, 5.41) is 0. The number of carbonyl (C=O) groups excluding carboxylic acids is 2. The SMILES string of the molecule is C=CCCCCCCCCCCCCCCCCCCCOC(=O)c1cccc(S(=O)(=O)O)c1C(=O)OCCCCCCCCCCCCCCCCCCCC=C. The van der Waals surface area contributed by atoms with E-state index < -0.39 is 32.5 Å². The Bertz CT molecular complexity index is 1270. The quantitative estimate of drug-likeness (QED) is 0.0302. The molecule has 1 N–H and O–H groups in total. The summed E-state index contributed by atoms with van der Waals surface area (Å²) in [6.07, 6.45) is 48.4. The van der Waals surface area contributed by atoms with Gasteiger partial charge in [0.15, 0.2) is 0 Å². The summed E-state index contributed by atoms with van der Waals surface area (Å²) in [6.45, 7) is 7.86. The molecule has 7 nitrogen and oxygen atoms in total. The van der Waals surface area contributed by atoms with Crippen LogP contribution in [0.4, 0.5) is 0 Å². The molecule has 0 heterocycles. The number of rotatable bonds is 43. The second-order valence-electron chi connectivity index (χ2n) is 16.6. The highest BCUT2D eigenvalue weighted by Crippen LogP contribution is 2.23. The van der Waals surface area contributed by atoms with Crippen molar-refractivity contribution in [2.45, 2.75) is 236 Å². The highest BCUT2D eigenvalue weighted by Gasteiger charge is 2.28. The van der Waals surface area contributed by atoms with Crippen molar-refractivity contribution in [2.24, 2.45) is 0 Å². The van der Waals surface area contributed by atoms with Gasteiger partial charge in [-0.3, -0.25) is 4.55 Å². The minimum Gasteiger partial charge on any atom is -0.462 e. The first kappa shape index (κ1) is 53.6. The first-order valence-corrected chi connectivity index (χ1v) is 25.4. The Kier molecular flexibility index (Phi) is 35.8. The van der Waals surface area contributed by atoms with Crippen LogP contribution in [0.1, 0.15) is 252 Å². The lowest BCUT2D eigenvalue weighted by Gasteiger charge is -2.13. The molecule has 0 saturated heterocycles. The third-order valence-corrected chi connectivity index (χ3v) is 12.2. The monoisotopic (exact) mass is 831 g/mol. The second kappa shape index (κ2) is 38.7. The Balaban J connectivity index is 2.15. The van der Waals surface area contributed by atoms with Crippen LogP contribution in [0.25, 0.3) is 0 Å². The molecule has 0 fully saturated rings. The lowest BCUT2D eigenvalue weighted by atomic mass is 10.0. The summed E-state index contributed by atoms with van der Waals surface area (Å²) in [4.78, 5) is 25.4. The fourth-order valence-electron chi connectivity index (χ4n) is 7.69. The largest absolute Gasteiger partial charge is 0.462 e. The Labute approximate surface area is 356 Å². The molecule has 0 atom stereocenters. The molecule has 0 radical (unpaired) electrons. The molecular weight excluding hydrogens is 745 g/mol. The number of ether oxygens (including phenoxy) is 2. The molecule has 0 aliphatic carbocycles.